The van der Waals surface area contributed by atoms with E-state index in [1.54, 1.807) is 0 Å². The first-order chi connectivity index (χ1) is 21.4. The molecule has 0 saturated carbocycles. The van der Waals surface area contributed by atoms with E-state index in [0.717, 1.165) is 63.7 Å². The van der Waals surface area contributed by atoms with Crippen molar-refractivity contribution in [1.29, 1.82) is 0 Å². The lowest BCUT2D eigenvalue weighted by Gasteiger charge is -2.18. The van der Waals surface area contributed by atoms with Crippen LogP contribution in [-0.2, 0) is 28.6 Å². The fourth-order valence-electron chi connectivity index (χ4n) is 5.39. The van der Waals surface area contributed by atoms with Crippen LogP contribution in [0.1, 0.15) is 201 Å². The van der Waals surface area contributed by atoms with Crippen molar-refractivity contribution in [3.05, 3.63) is 0 Å². The summed E-state index contributed by atoms with van der Waals surface area (Å²) in [5, 5.41) is 0. The molecule has 0 N–H and O–H groups in total. The molecule has 0 saturated heterocycles. The fraction of sp³-hybridized carbons (Fsp3) is 0.921. The van der Waals surface area contributed by atoms with Crippen LogP contribution in [0.15, 0.2) is 0 Å². The summed E-state index contributed by atoms with van der Waals surface area (Å²) < 4.78 is 16.5. The highest BCUT2D eigenvalue weighted by Crippen LogP contribution is 2.14. The first kappa shape index (κ1) is 42.4. The van der Waals surface area contributed by atoms with Gasteiger partial charge >= 0.3 is 17.9 Å². The topological polar surface area (TPSA) is 78.9 Å². The van der Waals surface area contributed by atoms with Crippen LogP contribution in [0.3, 0.4) is 0 Å². The van der Waals surface area contributed by atoms with Gasteiger partial charge in [0.15, 0.2) is 6.10 Å². The Morgan fingerprint density at radius 1 is 0.432 bits per heavy atom. The molecule has 0 rings (SSSR count). The standard InChI is InChI=1S/C38H72O6/c1-5-7-9-11-13-14-18-22-26-30-37(40)43-33-35(32-42-36(39)29-25-21-16-12-10-8-6-2)44-38(41)31-27-23-19-15-17-20-24-28-34(3)4/h34-35H,5-33H2,1-4H3/t35-/m0/s1. The lowest BCUT2D eigenvalue weighted by molar-refractivity contribution is -0.167. The predicted molar refractivity (Wildman–Crippen MR) is 183 cm³/mol. The van der Waals surface area contributed by atoms with Crippen molar-refractivity contribution in [2.75, 3.05) is 13.2 Å². The molecule has 0 spiro atoms. The maximum Gasteiger partial charge on any atom is 0.306 e. The molecule has 0 aromatic rings. The second kappa shape index (κ2) is 32.8. The third kappa shape index (κ3) is 31.8. The molecule has 0 heterocycles. The Hall–Kier alpha value is -1.59. The molecule has 0 radical (unpaired) electrons. The van der Waals surface area contributed by atoms with Gasteiger partial charge in [0.1, 0.15) is 13.2 Å². The van der Waals surface area contributed by atoms with Crippen molar-refractivity contribution >= 4 is 17.9 Å². The Labute approximate surface area is 272 Å². The maximum absolute atomic E-state index is 12.6. The van der Waals surface area contributed by atoms with E-state index in [9.17, 15) is 14.4 Å². The molecule has 0 aromatic carbocycles. The molecule has 0 aliphatic carbocycles. The molecule has 0 aliphatic rings. The molecule has 1 atom stereocenters. The highest BCUT2D eigenvalue weighted by molar-refractivity contribution is 5.71. The van der Waals surface area contributed by atoms with Crippen molar-refractivity contribution in [2.24, 2.45) is 5.92 Å². The van der Waals surface area contributed by atoms with Gasteiger partial charge in [-0.25, -0.2) is 0 Å². The summed E-state index contributed by atoms with van der Waals surface area (Å²) >= 11 is 0. The maximum atomic E-state index is 12.6. The average molecular weight is 625 g/mol. The largest absolute Gasteiger partial charge is 0.462 e. The number of ether oxygens (including phenoxy) is 3. The van der Waals surface area contributed by atoms with Crippen LogP contribution in [-0.4, -0.2) is 37.2 Å². The molecule has 0 unspecified atom stereocenters. The Morgan fingerprint density at radius 2 is 0.750 bits per heavy atom. The molecule has 0 amide bonds. The van der Waals surface area contributed by atoms with Crippen molar-refractivity contribution < 1.29 is 28.6 Å². The number of esters is 3. The Kier molecular flexibility index (Phi) is 31.6. The Morgan fingerprint density at radius 3 is 1.11 bits per heavy atom. The molecule has 0 aliphatic heterocycles. The summed E-state index contributed by atoms with van der Waals surface area (Å²) in [5.74, 6) is -0.0995. The van der Waals surface area contributed by atoms with E-state index < -0.39 is 6.10 Å². The highest BCUT2D eigenvalue weighted by Gasteiger charge is 2.19. The van der Waals surface area contributed by atoms with E-state index in [1.165, 1.54) is 96.3 Å². The predicted octanol–water partition coefficient (Wildman–Crippen LogP) is 11.2. The lowest BCUT2D eigenvalue weighted by atomic mass is 10.0. The van der Waals surface area contributed by atoms with Gasteiger partial charge in [0.25, 0.3) is 0 Å². The molecule has 0 fully saturated rings. The third-order valence-corrected chi connectivity index (χ3v) is 8.29. The summed E-state index contributed by atoms with van der Waals surface area (Å²) in [7, 11) is 0. The number of rotatable bonds is 33. The Balaban J connectivity index is 4.35. The van der Waals surface area contributed by atoms with E-state index in [2.05, 4.69) is 27.7 Å². The zero-order valence-corrected chi connectivity index (χ0v) is 29.6. The van der Waals surface area contributed by atoms with Crippen molar-refractivity contribution in [1.82, 2.24) is 0 Å². The molecular formula is C38H72O6. The minimum atomic E-state index is -0.756. The van der Waals surface area contributed by atoms with E-state index in [1.807, 2.05) is 0 Å². The summed E-state index contributed by atoms with van der Waals surface area (Å²) in [5.41, 5.74) is 0. The van der Waals surface area contributed by atoms with Gasteiger partial charge in [-0.3, -0.25) is 14.4 Å². The van der Waals surface area contributed by atoms with E-state index in [-0.39, 0.29) is 31.1 Å². The average Bonchev–Trinajstić information content (AvgIpc) is 3.00. The lowest BCUT2D eigenvalue weighted by Crippen LogP contribution is -2.30. The molecule has 6 heteroatoms. The number of unbranched alkanes of at least 4 members (excludes halogenated alkanes) is 20. The van der Waals surface area contributed by atoms with Crippen molar-refractivity contribution in [2.45, 2.75) is 207 Å². The van der Waals surface area contributed by atoms with Gasteiger partial charge in [-0.2, -0.15) is 0 Å². The van der Waals surface area contributed by atoms with Crippen LogP contribution in [0.4, 0.5) is 0 Å². The van der Waals surface area contributed by atoms with Gasteiger partial charge in [0, 0.05) is 19.3 Å². The van der Waals surface area contributed by atoms with Gasteiger partial charge in [0.05, 0.1) is 0 Å². The number of carbonyl (C=O) groups excluding carboxylic acids is 3. The smallest absolute Gasteiger partial charge is 0.306 e. The highest BCUT2D eigenvalue weighted by atomic mass is 16.6. The molecule has 6 nitrogen and oxygen atoms in total. The summed E-state index contributed by atoms with van der Waals surface area (Å²) in [6.07, 6.45) is 28.2. The van der Waals surface area contributed by atoms with Gasteiger partial charge in [-0.15, -0.1) is 0 Å². The second-order valence-corrected chi connectivity index (χ2v) is 13.3. The first-order valence-electron chi connectivity index (χ1n) is 18.9. The quantitative estimate of drug-likeness (QED) is 0.0410. The monoisotopic (exact) mass is 625 g/mol. The van der Waals surface area contributed by atoms with Gasteiger partial charge in [0.2, 0.25) is 0 Å². The van der Waals surface area contributed by atoms with Crippen LogP contribution in [0, 0.1) is 5.92 Å². The minimum Gasteiger partial charge on any atom is -0.462 e. The van der Waals surface area contributed by atoms with Crippen molar-refractivity contribution in [3.63, 3.8) is 0 Å². The number of carbonyl (C=O) groups is 3. The van der Waals surface area contributed by atoms with E-state index >= 15 is 0 Å². The minimum absolute atomic E-state index is 0.0664. The van der Waals surface area contributed by atoms with E-state index in [0.29, 0.717) is 19.3 Å². The SMILES string of the molecule is CCCCCCCCCCCC(=O)OC[C@H](COC(=O)CCCCCCCCC)OC(=O)CCCCCCCCCC(C)C. The van der Waals surface area contributed by atoms with Gasteiger partial charge in [-0.1, -0.05) is 163 Å². The van der Waals surface area contributed by atoms with Crippen LogP contribution < -0.4 is 0 Å². The second-order valence-electron chi connectivity index (χ2n) is 13.3. The van der Waals surface area contributed by atoms with Crippen LogP contribution in [0.2, 0.25) is 0 Å². The summed E-state index contributed by atoms with van der Waals surface area (Å²) in [4.78, 5) is 37.2. The van der Waals surface area contributed by atoms with Gasteiger partial charge in [-0.05, 0) is 25.2 Å². The van der Waals surface area contributed by atoms with Crippen LogP contribution >= 0.6 is 0 Å². The number of hydrogen-bond donors (Lipinski definition) is 0. The zero-order chi connectivity index (χ0) is 32.5. The molecule has 0 aromatic heterocycles. The third-order valence-electron chi connectivity index (χ3n) is 8.29. The molecule has 0 bridgehead atoms. The van der Waals surface area contributed by atoms with E-state index in [4.69, 9.17) is 14.2 Å². The number of hydrogen-bond acceptors (Lipinski definition) is 6. The first-order valence-corrected chi connectivity index (χ1v) is 18.9. The zero-order valence-electron chi connectivity index (χ0n) is 29.6. The summed E-state index contributed by atoms with van der Waals surface area (Å²) in [6.45, 7) is 8.85. The van der Waals surface area contributed by atoms with Crippen LogP contribution in [0.5, 0.6) is 0 Å². The Bertz CT molecular complexity index is 662. The molecule has 260 valence electrons. The molecular weight excluding hydrogens is 552 g/mol. The fourth-order valence-corrected chi connectivity index (χ4v) is 5.39. The van der Waals surface area contributed by atoms with Crippen LogP contribution in [0.25, 0.3) is 0 Å². The normalized spacial score (nSPS) is 11.9. The molecule has 44 heavy (non-hydrogen) atoms. The van der Waals surface area contributed by atoms with Gasteiger partial charge < -0.3 is 14.2 Å². The summed E-state index contributed by atoms with van der Waals surface area (Å²) in [6, 6.07) is 0. The van der Waals surface area contributed by atoms with Crippen molar-refractivity contribution in [3.8, 4) is 0 Å².